The molecule has 43 heavy (non-hydrogen) atoms. The van der Waals surface area contributed by atoms with Crippen LogP contribution in [0.5, 0.6) is 11.5 Å². The van der Waals surface area contributed by atoms with Crippen LogP contribution in [0.2, 0.25) is 0 Å². The third-order valence-electron chi connectivity index (χ3n) is 4.71. The standard InChI is InChI=1S/2C10H9N8O3.Co/c2*11-8-7(9(12)15-10(13)14-8)17-16-5-3-4(18(20)21)1-2-6(5)19;/h2*1-3H,(H6-,11,12,13,14,15,16,17,19);/q2*-1;+2. The number of hydrogen-bond donors (Lipinski definition) is 6. The number of nitrogen functional groups attached to an aromatic ring is 4. The number of nitrogens with one attached hydrogen (secondary N) is 2. The summed E-state index contributed by atoms with van der Waals surface area (Å²) in [6.45, 7) is 0. The van der Waals surface area contributed by atoms with Crippen molar-refractivity contribution in [2.45, 2.75) is 0 Å². The number of azo groups is 2. The van der Waals surface area contributed by atoms with Gasteiger partial charge in [0.1, 0.15) is 46.1 Å². The van der Waals surface area contributed by atoms with Crippen molar-refractivity contribution in [3.63, 3.8) is 0 Å². The number of anilines is 4. The quantitative estimate of drug-likeness (QED) is 0.0947. The van der Waals surface area contributed by atoms with Crippen LogP contribution < -0.4 is 22.9 Å². The first-order valence-corrected chi connectivity index (χ1v) is 10.8. The van der Waals surface area contributed by atoms with Gasteiger partial charge in [-0.3, -0.25) is 20.2 Å². The Hall–Kier alpha value is -6.49. The Bertz CT molecular complexity index is 1580. The fourth-order valence-corrected chi connectivity index (χ4v) is 2.80. The van der Waals surface area contributed by atoms with Crippen LogP contribution in [0, 0.1) is 20.2 Å². The number of rotatable bonds is 6. The van der Waals surface area contributed by atoms with E-state index in [1.54, 1.807) is 0 Å². The summed E-state index contributed by atoms with van der Waals surface area (Å²) >= 11 is 0. The predicted molar refractivity (Wildman–Crippen MR) is 148 cm³/mol. The zero-order valence-corrected chi connectivity index (χ0v) is 22.1. The van der Waals surface area contributed by atoms with Crippen LogP contribution in [-0.4, -0.2) is 40.0 Å². The molecule has 0 spiro atoms. The molecule has 0 saturated carbocycles. The Labute approximate surface area is 249 Å². The predicted octanol–water partition coefficient (Wildman–Crippen LogP) is 4.71. The molecule has 4 aromatic rings. The third kappa shape index (κ3) is 8.25. The number of aromatic hydroxyl groups is 2. The second kappa shape index (κ2) is 13.7. The normalized spacial score (nSPS) is 10.6. The molecule has 2 aromatic carbocycles. The van der Waals surface area contributed by atoms with E-state index in [0.717, 1.165) is 36.4 Å². The Morgan fingerprint density at radius 3 is 1.30 bits per heavy atom. The van der Waals surface area contributed by atoms with Crippen LogP contribution in [0.25, 0.3) is 11.5 Å². The number of aromatic nitrogens is 4. The van der Waals surface area contributed by atoms with Crippen molar-refractivity contribution < 1.29 is 36.8 Å². The van der Waals surface area contributed by atoms with Gasteiger partial charge in [-0.15, -0.1) is 20.5 Å². The summed E-state index contributed by atoms with van der Waals surface area (Å²) in [6, 6.07) is 6.50. The Balaban J connectivity index is 0.000000293. The molecule has 1 radical (unpaired) electrons. The summed E-state index contributed by atoms with van der Waals surface area (Å²) in [4.78, 5) is 34.3. The molecule has 0 aliphatic carbocycles. The van der Waals surface area contributed by atoms with Gasteiger partial charge in [-0.2, -0.15) is 0 Å². The van der Waals surface area contributed by atoms with Crippen molar-refractivity contribution in [1.29, 1.82) is 0 Å². The van der Waals surface area contributed by atoms with Crippen LogP contribution in [0.3, 0.4) is 0 Å². The number of benzene rings is 2. The molecule has 0 bridgehead atoms. The molecule has 0 saturated heterocycles. The Morgan fingerprint density at radius 2 is 1.00 bits per heavy atom. The molecule has 22 nitrogen and oxygen atoms in total. The molecule has 223 valence electrons. The number of phenols is 2. The van der Waals surface area contributed by atoms with Crippen molar-refractivity contribution in [2.75, 3.05) is 22.9 Å². The van der Waals surface area contributed by atoms with E-state index < -0.39 is 9.85 Å². The minimum atomic E-state index is -0.644. The minimum absolute atomic E-state index is 0. The van der Waals surface area contributed by atoms with E-state index in [9.17, 15) is 30.4 Å². The van der Waals surface area contributed by atoms with Crippen molar-refractivity contribution in [2.24, 2.45) is 20.5 Å². The van der Waals surface area contributed by atoms with Crippen LogP contribution in [0.15, 0.2) is 56.9 Å². The number of phenolic OH excluding ortho intramolecular Hbond substituents is 2. The molecule has 2 aromatic heterocycles. The van der Waals surface area contributed by atoms with Crippen LogP contribution in [0.4, 0.5) is 69.3 Å². The van der Waals surface area contributed by atoms with E-state index in [4.69, 9.17) is 34.4 Å². The maximum atomic E-state index is 10.7. The monoisotopic (exact) mass is 637 g/mol. The minimum Gasteiger partial charge on any atom is -0.506 e. The van der Waals surface area contributed by atoms with Crippen LogP contribution in [-0.2, 0) is 16.8 Å². The number of hydrogen-bond acceptors (Lipinski definition) is 18. The van der Waals surface area contributed by atoms with Crippen molar-refractivity contribution in [3.05, 3.63) is 68.1 Å². The molecule has 0 unspecified atom stereocenters. The molecule has 12 N–H and O–H groups in total. The molecular weight excluding hydrogens is 619 g/mol. The molecular formula is C20H18CoN16O6. The van der Waals surface area contributed by atoms with E-state index in [-0.39, 0.29) is 97.6 Å². The van der Waals surface area contributed by atoms with Gasteiger partial charge in [0.15, 0.2) is 11.6 Å². The summed E-state index contributed by atoms with van der Waals surface area (Å²) in [7, 11) is 0. The maximum absolute atomic E-state index is 10.7. The number of non-ortho nitro benzene ring substituents is 2. The van der Waals surface area contributed by atoms with Gasteiger partial charge in [0, 0.05) is 24.3 Å². The van der Waals surface area contributed by atoms with E-state index in [2.05, 4.69) is 40.4 Å². The second-order valence-corrected chi connectivity index (χ2v) is 7.59. The molecule has 23 heteroatoms. The zero-order valence-electron chi connectivity index (χ0n) is 21.1. The molecule has 0 atom stereocenters. The topological polar surface area (TPSA) is 379 Å². The fraction of sp³-hybridized carbons (Fsp3) is 0. The summed E-state index contributed by atoms with van der Waals surface area (Å²) in [6.07, 6.45) is 0. The largest absolute Gasteiger partial charge is 2.00 e. The second-order valence-electron chi connectivity index (χ2n) is 7.59. The van der Waals surface area contributed by atoms with E-state index in [0.29, 0.717) is 0 Å². The molecule has 2 heterocycles. The molecule has 0 amide bonds. The van der Waals surface area contributed by atoms with Crippen molar-refractivity contribution in [3.8, 4) is 11.5 Å². The van der Waals surface area contributed by atoms with Gasteiger partial charge < -0.3 is 54.6 Å². The third-order valence-corrected chi connectivity index (χ3v) is 4.71. The molecule has 0 aliphatic heterocycles. The van der Waals surface area contributed by atoms with Gasteiger partial charge in [0.05, 0.1) is 9.85 Å². The Morgan fingerprint density at radius 1 is 0.651 bits per heavy atom. The summed E-state index contributed by atoms with van der Waals surface area (Å²) in [5.74, 6) is -2.04. The molecule has 0 aliphatic rings. The van der Waals surface area contributed by atoms with Gasteiger partial charge in [-0.05, 0) is 23.8 Å². The number of nitro groups is 2. The first-order valence-electron chi connectivity index (χ1n) is 10.8. The van der Waals surface area contributed by atoms with Crippen molar-refractivity contribution >= 4 is 69.3 Å². The molecule has 0 fully saturated rings. The van der Waals surface area contributed by atoms with Gasteiger partial charge in [-0.1, -0.05) is 0 Å². The fourth-order valence-electron chi connectivity index (χ4n) is 2.80. The van der Waals surface area contributed by atoms with Gasteiger partial charge in [-0.25, -0.2) is 9.97 Å². The summed E-state index contributed by atoms with van der Waals surface area (Å²) < 4.78 is 0. The van der Waals surface area contributed by atoms with E-state index >= 15 is 0 Å². The van der Waals surface area contributed by atoms with Crippen LogP contribution in [0.1, 0.15) is 0 Å². The van der Waals surface area contributed by atoms with Crippen molar-refractivity contribution in [1.82, 2.24) is 19.9 Å². The summed E-state index contributed by atoms with van der Waals surface area (Å²) in [5, 5.41) is 54.9. The summed E-state index contributed by atoms with van der Waals surface area (Å²) in [5.41, 5.74) is 35.6. The number of nitro benzene ring substituents is 2. The first-order chi connectivity index (χ1) is 19.8. The number of nitrogens with two attached hydrogens (primary N) is 4. The van der Waals surface area contributed by atoms with Crippen LogP contribution >= 0.6 is 0 Å². The maximum Gasteiger partial charge on any atom is 2.00 e. The smallest absolute Gasteiger partial charge is 0.506 e. The SMILES string of the molecule is [Co+2].[NH-]c1nc(N)nc(N)c1N=Nc1cc([N+](=O)[O-])ccc1O.[NH-]c1nc(N)nc(N)c1N=Nc1cc([N+](=O)[O-])ccc1O. The first kappa shape index (κ1) is 32.7. The average molecular weight is 637 g/mol. The van der Waals surface area contributed by atoms with Gasteiger partial charge in [0.2, 0.25) is 0 Å². The number of nitrogens with zero attached hydrogens (tertiary/aromatic N) is 10. The molecule has 4 rings (SSSR count). The van der Waals surface area contributed by atoms with Gasteiger partial charge >= 0.3 is 16.8 Å². The average Bonchev–Trinajstić information content (AvgIpc) is 2.89. The van der Waals surface area contributed by atoms with E-state index in [1.807, 2.05) is 0 Å². The van der Waals surface area contributed by atoms with Gasteiger partial charge in [0.25, 0.3) is 11.4 Å². The van der Waals surface area contributed by atoms with E-state index in [1.165, 1.54) is 0 Å². The zero-order chi connectivity index (χ0) is 31.1. The Kier molecular flexibility index (Phi) is 10.4.